The van der Waals surface area contributed by atoms with Gasteiger partial charge in [0, 0.05) is 24.5 Å². The highest BCUT2D eigenvalue weighted by atomic mass is 19.1. The van der Waals surface area contributed by atoms with Gasteiger partial charge in [-0.05, 0) is 42.5 Å². The number of benzene rings is 2. The summed E-state index contributed by atoms with van der Waals surface area (Å²) in [5, 5.41) is 7.91. The van der Waals surface area contributed by atoms with Crippen LogP contribution in [0.25, 0.3) is 0 Å². The van der Waals surface area contributed by atoms with E-state index in [0.29, 0.717) is 17.2 Å². The number of rotatable bonds is 5. The van der Waals surface area contributed by atoms with Crippen molar-refractivity contribution in [2.75, 3.05) is 16.0 Å². The molecular weight excluding hydrogens is 366 g/mol. The van der Waals surface area contributed by atoms with Crippen LogP contribution in [0.4, 0.5) is 31.7 Å². The molecular formula is C20H16F2N4O2. The van der Waals surface area contributed by atoms with Gasteiger partial charge in [-0.3, -0.25) is 9.59 Å². The summed E-state index contributed by atoms with van der Waals surface area (Å²) < 4.78 is 27.3. The van der Waals surface area contributed by atoms with E-state index in [-0.39, 0.29) is 11.5 Å². The number of halogens is 2. The van der Waals surface area contributed by atoms with E-state index in [4.69, 9.17) is 0 Å². The maximum absolute atomic E-state index is 13.6. The van der Waals surface area contributed by atoms with Crippen LogP contribution in [-0.2, 0) is 4.79 Å². The standard InChI is InChI=1S/C20H16F2N4O2/c1-12(27)24-14-4-2-5-15(10-14)25-18-9-8-13(11-23-18)20(28)26-19-16(21)6-3-7-17(19)22/h2-11H,1H3,(H,23,25)(H,24,27)(H,26,28). The summed E-state index contributed by atoms with van der Waals surface area (Å²) in [6.07, 6.45) is 1.29. The van der Waals surface area contributed by atoms with Gasteiger partial charge in [0.2, 0.25) is 5.91 Å². The Labute approximate surface area is 159 Å². The quantitative estimate of drug-likeness (QED) is 0.614. The summed E-state index contributed by atoms with van der Waals surface area (Å²) >= 11 is 0. The fourth-order valence-corrected chi connectivity index (χ4v) is 2.43. The summed E-state index contributed by atoms with van der Waals surface area (Å²) in [5.74, 6) is -2.14. The van der Waals surface area contributed by atoms with E-state index >= 15 is 0 Å². The average molecular weight is 382 g/mol. The van der Waals surface area contributed by atoms with Gasteiger partial charge in [-0.1, -0.05) is 12.1 Å². The van der Waals surface area contributed by atoms with Crippen molar-refractivity contribution in [3.8, 4) is 0 Å². The predicted molar refractivity (Wildman–Crippen MR) is 103 cm³/mol. The van der Waals surface area contributed by atoms with Crippen LogP contribution < -0.4 is 16.0 Å². The lowest BCUT2D eigenvalue weighted by molar-refractivity contribution is -0.114. The molecule has 0 spiro atoms. The summed E-state index contributed by atoms with van der Waals surface area (Å²) in [7, 11) is 0. The maximum atomic E-state index is 13.6. The minimum absolute atomic E-state index is 0.139. The molecule has 28 heavy (non-hydrogen) atoms. The fourth-order valence-electron chi connectivity index (χ4n) is 2.43. The molecule has 0 aliphatic rings. The van der Waals surface area contributed by atoms with Crippen molar-refractivity contribution in [2.24, 2.45) is 0 Å². The molecule has 0 saturated carbocycles. The van der Waals surface area contributed by atoms with Crippen LogP contribution in [0.2, 0.25) is 0 Å². The first-order valence-corrected chi connectivity index (χ1v) is 8.28. The van der Waals surface area contributed by atoms with Gasteiger partial charge in [0.1, 0.15) is 23.1 Å². The van der Waals surface area contributed by atoms with Gasteiger partial charge in [-0.2, -0.15) is 0 Å². The van der Waals surface area contributed by atoms with Crippen molar-refractivity contribution in [3.05, 3.63) is 78.0 Å². The van der Waals surface area contributed by atoms with Crippen molar-refractivity contribution < 1.29 is 18.4 Å². The van der Waals surface area contributed by atoms with E-state index in [0.717, 1.165) is 12.1 Å². The molecule has 8 heteroatoms. The van der Waals surface area contributed by atoms with Gasteiger partial charge in [0.25, 0.3) is 5.91 Å². The molecule has 3 N–H and O–H groups in total. The Kier molecular flexibility index (Phi) is 5.59. The topological polar surface area (TPSA) is 83.1 Å². The molecule has 2 aromatic carbocycles. The summed E-state index contributed by atoms with van der Waals surface area (Å²) in [6, 6.07) is 13.4. The second-order valence-corrected chi connectivity index (χ2v) is 5.87. The predicted octanol–water partition coefficient (Wildman–Crippen LogP) is 4.31. The lowest BCUT2D eigenvalue weighted by Gasteiger charge is -2.10. The summed E-state index contributed by atoms with van der Waals surface area (Å²) in [6.45, 7) is 1.42. The van der Waals surface area contributed by atoms with Crippen LogP contribution in [0.1, 0.15) is 17.3 Å². The number of carbonyl (C=O) groups is 2. The van der Waals surface area contributed by atoms with Crippen molar-refractivity contribution in [1.82, 2.24) is 4.98 Å². The molecule has 0 saturated heterocycles. The first-order valence-electron chi connectivity index (χ1n) is 8.28. The smallest absolute Gasteiger partial charge is 0.257 e. The van der Waals surface area contributed by atoms with Crippen molar-refractivity contribution in [1.29, 1.82) is 0 Å². The van der Waals surface area contributed by atoms with E-state index in [9.17, 15) is 18.4 Å². The Morgan fingerprint density at radius 3 is 2.21 bits per heavy atom. The average Bonchev–Trinajstić information content (AvgIpc) is 2.65. The Bertz CT molecular complexity index is 1000. The van der Waals surface area contributed by atoms with Crippen LogP contribution in [0, 0.1) is 11.6 Å². The molecule has 3 rings (SSSR count). The normalized spacial score (nSPS) is 10.2. The minimum atomic E-state index is -0.862. The third-order valence-corrected chi connectivity index (χ3v) is 3.68. The van der Waals surface area contributed by atoms with E-state index in [1.54, 1.807) is 30.3 Å². The van der Waals surface area contributed by atoms with Crippen molar-refractivity contribution in [3.63, 3.8) is 0 Å². The van der Waals surface area contributed by atoms with E-state index < -0.39 is 23.2 Å². The summed E-state index contributed by atoms with van der Waals surface area (Å²) in [5.41, 5.74) is 0.939. The zero-order valence-corrected chi connectivity index (χ0v) is 14.8. The highest BCUT2D eigenvalue weighted by Crippen LogP contribution is 2.21. The summed E-state index contributed by atoms with van der Waals surface area (Å²) in [4.78, 5) is 27.4. The molecule has 0 aliphatic carbocycles. The molecule has 6 nitrogen and oxygen atoms in total. The number of nitrogens with zero attached hydrogens (tertiary/aromatic N) is 1. The SMILES string of the molecule is CC(=O)Nc1cccc(Nc2ccc(C(=O)Nc3c(F)cccc3F)cn2)c1. The molecule has 0 aliphatic heterocycles. The monoisotopic (exact) mass is 382 g/mol. The lowest BCUT2D eigenvalue weighted by Crippen LogP contribution is -2.14. The van der Waals surface area contributed by atoms with E-state index in [2.05, 4.69) is 20.9 Å². The number of amides is 2. The van der Waals surface area contributed by atoms with E-state index in [1.807, 2.05) is 0 Å². The number of anilines is 4. The Balaban J connectivity index is 1.70. The zero-order valence-electron chi connectivity index (χ0n) is 14.8. The van der Waals surface area contributed by atoms with Crippen LogP contribution >= 0.6 is 0 Å². The van der Waals surface area contributed by atoms with Gasteiger partial charge in [0.15, 0.2) is 0 Å². The Morgan fingerprint density at radius 1 is 0.893 bits per heavy atom. The highest BCUT2D eigenvalue weighted by Gasteiger charge is 2.13. The molecule has 0 radical (unpaired) electrons. The fraction of sp³-hybridized carbons (Fsp3) is 0.0500. The third kappa shape index (κ3) is 4.67. The molecule has 1 aromatic heterocycles. The number of pyridine rings is 1. The molecule has 0 fully saturated rings. The largest absolute Gasteiger partial charge is 0.340 e. The first kappa shape index (κ1) is 19.0. The zero-order chi connectivity index (χ0) is 20.1. The third-order valence-electron chi connectivity index (χ3n) is 3.68. The first-order chi connectivity index (χ1) is 13.4. The molecule has 0 unspecified atom stereocenters. The second-order valence-electron chi connectivity index (χ2n) is 5.87. The molecule has 0 atom stereocenters. The van der Waals surface area contributed by atoms with Gasteiger partial charge < -0.3 is 16.0 Å². The minimum Gasteiger partial charge on any atom is -0.340 e. The van der Waals surface area contributed by atoms with Crippen LogP contribution in [0.5, 0.6) is 0 Å². The molecule has 0 bridgehead atoms. The number of hydrogen-bond donors (Lipinski definition) is 3. The maximum Gasteiger partial charge on any atom is 0.257 e. The lowest BCUT2D eigenvalue weighted by atomic mass is 10.2. The molecule has 142 valence electrons. The molecule has 1 heterocycles. The Hall–Kier alpha value is -3.81. The van der Waals surface area contributed by atoms with Crippen LogP contribution in [0.15, 0.2) is 60.8 Å². The van der Waals surface area contributed by atoms with Gasteiger partial charge >= 0.3 is 0 Å². The Morgan fingerprint density at radius 2 is 1.57 bits per heavy atom. The number of aromatic nitrogens is 1. The van der Waals surface area contributed by atoms with Gasteiger partial charge in [0.05, 0.1) is 5.56 Å². The number of hydrogen-bond acceptors (Lipinski definition) is 4. The second kappa shape index (κ2) is 8.26. The molecule has 2 amide bonds. The van der Waals surface area contributed by atoms with Crippen molar-refractivity contribution >= 4 is 34.7 Å². The van der Waals surface area contributed by atoms with Gasteiger partial charge in [-0.15, -0.1) is 0 Å². The number of para-hydroxylation sites is 1. The number of nitrogens with one attached hydrogen (secondary N) is 3. The van der Waals surface area contributed by atoms with Crippen LogP contribution in [-0.4, -0.2) is 16.8 Å². The van der Waals surface area contributed by atoms with Gasteiger partial charge in [-0.25, -0.2) is 13.8 Å². The molecule has 3 aromatic rings. The highest BCUT2D eigenvalue weighted by molar-refractivity contribution is 6.04. The van der Waals surface area contributed by atoms with E-state index in [1.165, 1.54) is 25.3 Å². The van der Waals surface area contributed by atoms with Crippen molar-refractivity contribution in [2.45, 2.75) is 6.92 Å². The number of carbonyl (C=O) groups excluding carboxylic acids is 2. The van der Waals surface area contributed by atoms with Crippen LogP contribution in [0.3, 0.4) is 0 Å².